The van der Waals surface area contributed by atoms with Crippen LogP contribution in [0.15, 0.2) is 23.0 Å². The molecule has 2 aromatic rings. The number of hydrogen-bond donors (Lipinski definition) is 2. The third-order valence-corrected chi connectivity index (χ3v) is 3.43. The lowest BCUT2D eigenvalue weighted by atomic mass is 10.0. The van der Waals surface area contributed by atoms with Gasteiger partial charge in [0, 0.05) is 5.92 Å². The summed E-state index contributed by atoms with van der Waals surface area (Å²) < 4.78 is 0. The van der Waals surface area contributed by atoms with Gasteiger partial charge in [-0.15, -0.1) is 0 Å². The van der Waals surface area contributed by atoms with Crippen LogP contribution in [-0.2, 0) is 0 Å². The van der Waals surface area contributed by atoms with Crippen LogP contribution in [0.25, 0.3) is 11.0 Å². The number of nitrogens with one attached hydrogen (secondary N) is 2. The molecule has 4 heteroatoms. The summed E-state index contributed by atoms with van der Waals surface area (Å²) in [5.41, 5.74) is 2.35. The van der Waals surface area contributed by atoms with Crippen molar-refractivity contribution in [2.45, 2.75) is 19.3 Å². The first-order valence-corrected chi connectivity index (χ1v) is 5.25. The Labute approximate surface area is 91.9 Å². The number of rotatable bonds is 1. The second-order valence-electron chi connectivity index (χ2n) is 4.67. The molecule has 1 aromatic heterocycles. The van der Waals surface area contributed by atoms with Crippen LogP contribution in [0.2, 0.25) is 0 Å². The summed E-state index contributed by atoms with van der Waals surface area (Å²) in [6.45, 7) is 1.97. The van der Waals surface area contributed by atoms with Gasteiger partial charge in [-0.1, -0.05) is 6.07 Å². The lowest BCUT2D eigenvalue weighted by molar-refractivity contribution is 0.727. The molecule has 2 atom stereocenters. The summed E-state index contributed by atoms with van der Waals surface area (Å²) in [5, 5.41) is 9.00. The minimum Gasteiger partial charge on any atom is -0.306 e. The van der Waals surface area contributed by atoms with Gasteiger partial charge in [-0.25, -0.2) is 4.79 Å². The largest absolute Gasteiger partial charge is 0.323 e. The molecule has 0 amide bonds. The fraction of sp³-hybridized carbons (Fsp3) is 0.333. The van der Waals surface area contributed by atoms with Gasteiger partial charge in [0.05, 0.1) is 22.5 Å². The van der Waals surface area contributed by atoms with Gasteiger partial charge in [0.1, 0.15) is 0 Å². The molecule has 2 unspecified atom stereocenters. The van der Waals surface area contributed by atoms with Gasteiger partial charge >= 0.3 is 5.69 Å². The Bertz CT molecular complexity index is 661. The Morgan fingerprint density at radius 2 is 2.19 bits per heavy atom. The lowest BCUT2D eigenvalue weighted by Crippen LogP contribution is -1.99. The highest BCUT2D eigenvalue weighted by Gasteiger charge is 2.51. The Hall–Kier alpha value is -2.02. The van der Waals surface area contributed by atoms with E-state index < -0.39 is 0 Å². The van der Waals surface area contributed by atoms with Crippen molar-refractivity contribution < 1.29 is 0 Å². The molecular formula is C12H11N3O. The normalized spacial score (nSPS) is 27.9. The second-order valence-corrected chi connectivity index (χ2v) is 4.67. The van der Waals surface area contributed by atoms with E-state index in [4.69, 9.17) is 5.26 Å². The van der Waals surface area contributed by atoms with Gasteiger partial charge < -0.3 is 9.97 Å². The molecule has 16 heavy (non-hydrogen) atoms. The number of H-pyrrole nitrogens is 2. The molecule has 80 valence electrons. The SMILES string of the molecule is CC1(C#N)CC1c1ccc2[nH]c(=O)[nH]c2c1. The standard InChI is InChI=1S/C12H11N3O/c1-12(6-13)5-8(12)7-2-3-9-10(4-7)15-11(16)14-9/h2-4,8H,5H2,1H3,(H2,14,15,16). The fourth-order valence-electron chi connectivity index (χ4n) is 2.24. The highest BCUT2D eigenvalue weighted by atomic mass is 16.1. The predicted octanol–water partition coefficient (Wildman–Crippen LogP) is 1.87. The topological polar surface area (TPSA) is 72.4 Å². The number of hydrogen-bond acceptors (Lipinski definition) is 2. The van der Waals surface area contributed by atoms with Gasteiger partial charge in [-0.3, -0.25) is 0 Å². The Morgan fingerprint density at radius 1 is 1.44 bits per heavy atom. The van der Waals surface area contributed by atoms with Crippen molar-refractivity contribution in [2.24, 2.45) is 5.41 Å². The molecular weight excluding hydrogens is 202 g/mol. The summed E-state index contributed by atoms with van der Waals surface area (Å²) in [4.78, 5) is 16.5. The Balaban J connectivity index is 2.07. The van der Waals surface area contributed by atoms with E-state index in [0.29, 0.717) is 5.92 Å². The van der Waals surface area contributed by atoms with Gasteiger partial charge in [0.2, 0.25) is 0 Å². The fourth-order valence-corrected chi connectivity index (χ4v) is 2.24. The number of nitriles is 1. The number of imidazole rings is 1. The summed E-state index contributed by atoms with van der Waals surface area (Å²) in [6, 6.07) is 8.17. The molecule has 0 radical (unpaired) electrons. The maximum absolute atomic E-state index is 11.1. The third kappa shape index (κ3) is 1.18. The summed E-state index contributed by atoms with van der Waals surface area (Å²) in [6.07, 6.45) is 0.906. The Kier molecular flexibility index (Phi) is 1.59. The molecule has 2 N–H and O–H groups in total. The van der Waals surface area contributed by atoms with Crippen molar-refractivity contribution in [3.63, 3.8) is 0 Å². The number of aromatic nitrogens is 2. The summed E-state index contributed by atoms with van der Waals surface area (Å²) in [7, 11) is 0. The highest BCUT2D eigenvalue weighted by molar-refractivity contribution is 5.75. The number of fused-ring (bicyclic) bond motifs is 1. The van der Waals surface area contributed by atoms with E-state index in [1.165, 1.54) is 0 Å². The first kappa shape index (κ1) is 9.22. The average molecular weight is 213 g/mol. The van der Waals surface area contributed by atoms with E-state index in [2.05, 4.69) is 16.0 Å². The molecule has 0 spiro atoms. The van der Waals surface area contributed by atoms with E-state index in [9.17, 15) is 4.79 Å². The Morgan fingerprint density at radius 3 is 2.88 bits per heavy atom. The van der Waals surface area contributed by atoms with E-state index in [-0.39, 0.29) is 11.1 Å². The number of aromatic amines is 2. The molecule has 1 fully saturated rings. The first-order chi connectivity index (χ1) is 7.62. The molecule has 0 saturated heterocycles. The summed E-state index contributed by atoms with van der Waals surface area (Å²) in [5.74, 6) is 0.306. The lowest BCUT2D eigenvalue weighted by Gasteiger charge is -2.01. The quantitative estimate of drug-likeness (QED) is 0.759. The van der Waals surface area contributed by atoms with Gasteiger partial charge in [-0.2, -0.15) is 5.26 Å². The van der Waals surface area contributed by atoms with Crippen molar-refractivity contribution in [1.29, 1.82) is 5.26 Å². The third-order valence-electron chi connectivity index (χ3n) is 3.43. The molecule has 1 aliphatic carbocycles. The highest BCUT2D eigenvalue weighted by Crippen LogP contribution is 2.58. The molecule has 0 aliphatic heterocycles. The zero-order valence-corrected chi connectivity index (χ0v) is 8.87. The van der Waals surface area contributed by atoms with Gasteiger partial charge in [0.25, 0.3) is 0 Å². The van der Waals surface area contributed by atoms with Gasteiger partial charge in [-0.05, 0) is 31.0 Å². The van der Waals surface area contributed by atoms with Crippen LogP contribution in [0.4, 0.5) is 0 Å². The van der Waals surface area contributed by atoms with Crippen molar-refractivity contribution in [3.05, 3.63) is 34.2 Å². The first-order valence-electron chi connectivity index (χ1n) is 5.25. The summed E-state index contributed by atoms with van der Waals surface area (Å²) >= 11 is 0. The van der Waals surface area contributed by atoms with Crippen LogP contribution in [0.1, 0.15) is 24.8 Å². The molecule has 4 nitrogen and oxygen atoms in total. The molecule has 3 rings (SSSR count). The van der Waals surface area contributed by atoms with E-state index in [1.807, 2.05) is 25.1 Å². The van der Waals surface area contributed by atoms with E-state index >= 15 is 0 Å². The molecule has 1 heterocycles. The monoisotopic (exact) mass is 213 g/mol. The second kappa shape index (κ2) is 2.76. The van der Waals surface area contributed by atoms with Crippen LogP contribution < -0.4 is 5.69 Å². The smallest absolute Gasteiger partial charge is 0.306 e. The van der Waals surface area contributed by atoms with E-state index in [1.54, 1.807) is 0 Å². The van der Waals surface area contributed by atoms with Crippen LogP contribution in [0.3, 0.4) is 0 Å². The average Bonchev–Trinajstić information content (AvgIpc) is 2.81. The predicted molar refractivity (Wildman–Crippen MR) is 60.0 cm³/mol. The van der Waals surface area contributed by atoms with Crippen LogP contribution in [0.5, 0.6) is 0 Å². The van der Waals surface area contributed by atoms with Crippen LogP contribution in [-0.4, -0.2) is 9.97 Å². The minimum absolute atomic E-state index is 0.189. The molecule has 1 aliphatic rings. The van der Waals surface area contributed by atoms with Gasteiger partial charge in [0.15, 0.2) is 0 Å². The maximum atomic E-state index is 11.1. The molecule has 1 aromatic carbocycles. The van der Waals surface area contributed by atoms with Crippen LogP contribution in [0, 0.1) is 16.7 Å². The number of nitrogens with zero attached hydrogens (tertiary/aromatic N) is 1. The number of benzene rings is 1. The molecule has 0 bridgehead atoms. The zero-order valence-electron chi connectivity index (χ0n) is 8.87. The van der Waals surface area contributed by atoms with Crippen molar-refractivity contribution in [3.8, 4) is 6.07 Å². The molecule has 1 saturated carbocycles. The maximum Gasteiger partial charge on any atom is 0.323 e. The van der Waals surface area contributed by atoms with E-state index in [0.717, 1.165) is 23.0 Å². The zero-order chi connectivity index (χ0) is 11.3. The van der Waals surface area contributed by atoms with Crippen molar-refractivity contribution in [2.75, 3.05) is 0 Å². The van der Waals surface area contributed by atoms with Crippen LogP contribution >= 0.6 is 0 Å². The van der Waals surface area contributed by atoms with Crippen molar-refractivity contribution in [1.82, 2.24) is 9.97 Å². The minimum atomic E-state index is -0.218. The van der Waals surface area contributed by atoms with Crippen molar-refractivity contribution >= 4 is 11.0 Å².